The van der Waals surface area contributed by atoms with Crippen LogP contribution in [-0.4, -0.2) is 27.9 Å². The lowest BCUT2D eigenvalue weighted by atomic mass is 10.1. The second-order valence-electron chi connectivity index (χ2n) is 6.89. The third-order valence-corrected chi connectivity index (χ3v) is 5.15. The number of carbonyl (C=O) groups is 2. The molecule has 1 unspecified atom stereocenters. The Morgan fingerprint density at radius 1 is 1.28 bits per heavy atom. The molecule has 6 nitrogen and oxygen atoms in total. The van der Waals surface area contributed by atoms with Crippen molar-refractivity contribution in [3.63, 3.8) is 0 Å². The molecule has 148 valence electrons. The van der Waals surface area contributed by atoms with Gasteiger partial charge in [0, 0.05) is 41.8 Å². The molecule has 2 amide bonds. The van der Waals surface area contributed by atoms with Crippen LogP contribution in [0.25, 0.3) is 5.69 Å². The van der Waals surface area contributed by atoms with Crippen molar-refractivity contribution in [2.24, 2.45) is 5.92 Å². The Morgan fingerprint density at radius 3 is 2.79 bits per heavy atom. The molecule has 0 spiro atoms. The number of aromatic nitrogens is 2. The second-order valence-corrected chi connectivity index (χ2v) is 7.32. The Labute approximate surface area is 171 Å². The van der Waals surface area contributed by atoms with Crippen molar-refractivity contribution < 1.29 is 14.0 Å². The largest absolute Gasteiger partial charge is 0.326 e. The Hall–Kier alpha value is -3.19. The number of benzene rings is 2. The van der Waals surface area contributed by atoms with Gasteiger partial charge in [0.1, 0.15) is 11.6 Å². The van der Waals surface area contributed by atoms with Gasteiger partial charge in [-0.25, -0.2) is 9.37 Å². The lowest BCUT2D eigenvalue weighted by molar-refractivity contribution is -0.122. The zero-order valence-electron chi connectivity index (χ0n) is 15.6. The molecule has 1 fully saturated rings. The summed E-state index contributed by atoms with van der Waals surface area (Å²) in [6.45, 7) is 2.03. The van der Waals surface area contributed by atoms with Crippen molar-refractivity contribution in [2.45, 2.75) is 13.3 Å². The quantitative estimate of drug-likeness (QED) is 0.705. The number of hydrogen-bond donors (Lipinski definition) is 1. The lowest BCUT2D eigenvalue weighted by Gasteiger charge is -2.17. The van der Waals surface area contributed by atoms with E-state index in [1.807, 2.05) is 0 Å². The SMILES string of the molecule is Cc1nccn1-c1ccc(NC(=O)C2CC(=O)N(c3cccc(Cl)c3)C2)cc1F. The van der Waals surface area contributed by atoms with Crippen molar-refractivity contribution >= 4 is 34.8 Å². The summed E-state index contributed by atoms with van der Waals surface area (Å²) in [4.78, 5) is 30.6. The monoisotopic (exact) mass is 412 g/mol. The molecule has 0 aliphatic carbocycles. The van der Waals surface area contributed by atoms with Crippen LogP contribution in [0.3, 0.4) is 0 Å². The van der Waals surface area contributed by atoms with E-state index in [9.17, 15) is 14.0 Å². The van der Waals surface area contributed by atoms with Crippen LogP contribution >= 0.6 is 11.6 Å². The molecule has 1 aliphatic heterocycles. The molecule has 1 aliphatic rings. The maximum atomic E-state index is 14.5. The fourth-order valence-electron chi connectivity index (χ4n) is 3.43. The number of hydrogen-bond acceptors (Lipinski definition) is 3. The molecule has 1 atom stereocenters. The standard InChI is InChI=1S/C21H18ClFN4O2/c1-13-24-7-8-26(13)19-6-5-16(11-18(19)23)25-21(29)14-9-20(28)27(12-14)17-4-2-3-15(22)10-17/h2-8,10-11,14H,9,12H2,1H3,(H,25,29). The number of anilines is 2. The number of nitrogens with one attached hydrogen (secondary N) is 1. The van der Waals surface area contributed by atoms with Crippen LogP contribution in [0.15, 0.2) is 54.9 Å². The van der Waals surface area contributed by atoms with Crippen molar-refractivity contribution in [3.05, 3.63) is 71.5 Å². The van der Waals surface area contributed by atoms with Crippen molar-refractivity contribution in [1.82, 2.24) is 9.55 Å². The minimum absolute atomic E-state index is 0.0904. The summed E-state index contributed by atoms with van der Waals surface area (Å²) in [6.07, 6.45) is 3.35. The molecule has 0 saturated carbocycles. The first-order valence-corrected chi connectivity index (χ1v) is 9.47. The second kappa shape index (κ2) is 7.67. The summed E-state index contributed by atoms with van der Waals surface area (Å²) in [5.41, 5.74) is 1.34. The minimum Gasteiger partial charge on any atom is -0.326 e. The average molecular weight is 413 g/mol. The van der Waals surface area contributed by atoms with E-state index >= 15 is 0 Å². The Kier molecular flexibility index (Phi) is 5.07. The molecule has 0 radical (unpaired) electrons. The molecule has 4 rings (SSSR count). The Bertz CT molecular complexity index is 1100. The number of imidazole rings is 1. The van der Waals surface area contributed by atoms with Gasteiger partial charge in [-0.3, -0.25) is 9.59 Å². The molecule has 2 heterocycles. The summed E-state index contributed by atoms with van der Waals surface area (Å²) in [5.74, 6) is -0.823. The third kappa shape index (κ3) is 3.86. The molecule has 1 saturated heterocycles. The smallest absolute Gasteiger partial charge is 0.229 e. The number of halogens is 2. The molecule has 29 heavy (non-hydrogen) atoms. The molecule has 0 bridgehead atoms. The molecule has 2 aromatic carbocycles. The molecule has 8 heteroatoms. The van der Waals surface area contributed by atoms with Gasteiger partial charge in [0.05, 0.1) is 11.6 Å². The third-order valence-electron chi connectivity index (χ3n) is 4.92. The van der Waals surface area contributed by atoms with Gasteiger partial charge in [-0.15, -0.1) is 0 Å². The molecule has 1 N–H and O–H groups in total. The van der Waals surface area contributed by atoms with E-state index in [2.05, 4.69) is 10.3 Å². The van der Waals surface area contributed by atoms with Gasteiger partial charge in [0.15, 0.2) is 0 Å². The summed E-state index contributed by atoms with van der Waals surface area (Å²) >= 11 is 5.99. The zero-order valence-corrected chi connectivity index (χ0v) is 16.4. The van der Waals surface area contributed by atoms with Crippen LogP contribution < -0.4 is 10.2 Å². The fraction of sp³-hybridized carbons (Fsp3) is 0.190. The normalized spacial score (nSPS) is 16.3. The highest BCUT2D eigenvalue weighted by molar-refractivity contribution is 6.31. The van der Waals surface area contributed by atoms with Crippen molar-refractivity contribution in [3.8, 4) is 5.69 Å². The Morgan fingerprint density at radius 2 is 2.10 bits per heavy atom. The van der Waals surface area contributed by atoms with Crippen LogP contribution in [0.4, 0.5) is 15.8 Å². The maximum Gasteiger partial charge on any atom is 0.229 e. The lowest BCUT2D eigenvalue weighted by Crippen LogP contribution is -2.28. The number of nitrogens with zero attached hydrogens (tertiary/aromatic N) is 3. The van der Waals surface area contributed by atoms with Crippen LogP contribution in [0.1, 0.15) is 12.2 Å². The average Bonchev–Trinajstić information content (AvgIpc) is 3.28. The summed E-state index contributed by atoms with van der Waals surface area (Å²) in [6, 6.07) is 11.4. The zero-order chi connectivity index (χ0) is 20.5. The maximum absolute atomic E-state index is 14.5. The summed E-state index contributed by atoms with van der Waals surface area (Å²) in [5, 5.41) is 3.23. The van der Waals surface area contributed by atoms with Crippen LogP contribution in [-0.2, 0) is 9.59 Å². The fourth-order valence-corrected chi connectivity index (χ4v) is 3.62. The number of aryl methyl sites for hydroxylation is 1. The Balaban J connectivity index is 1.47. The van der Waals surface area contributed by atoms with Gasteiger partial charge < -0.3 is 14.8 Å². The first kappa shape index (κ1) is 19.1. The van der Waals surface area contributed by atoms with Crippen LogP contribution in [0, 0.1) is 18.7 Å². The van der Waals surface area contributed by atoms with E-state index in [1.54, 1.807) is 65.2 Å². The molecular weight excluding hydrogens is 395 g/mol. The molecule has 1 aromatic heterocycles. The van der Waals surface area contributed by atoms with E-state index in [4.69, 9.17) is 11.6 Å². The van der Waals surface area contributed by atoms with Gasteiger partial charge in [-0.2, -0.15) is 0 Å². The highest BCUT2D eigenvalue weighted by Crippen LogP contribution is 2.28. The van der Waals surface area contributed by atoms with Gasteiger partial charge in [0.25, 0.3) is 0 Å². The van der Waals surface area contributed by atoms with E-state index in [-0.39, 0.29) is 24.8 Å². The van der Waals surface area contributed by atoms with Crippen molar-refractivity contribution in [1.29, 1.82) is 0 Å². The van der Waals surface area contributed by atoms with Gasteiger partial charge in [-0.05, 0) is 43.3 Å². The van der Waals surface area contributed by atoms with E-state index in [0.29, 0.717) is 27.9 Å². The molecular formula is C21H18ClFN4O2. The number of rotatable bonds is 4. The predicted octanol–water partition coefficient (Wildman–Crippen LogP) is 3.96. The highest BCUT2D eigenvalue weighted by Gasteiger charge is 2.35. The first-order chi connectivity index (χ1) is 13.9. The van der Waals surface area contributed by atoms with Gasteiger partial charge in [-0.1, -0.05) is 17.7 Å². The van der Waals surface area contributed by atoms with Crippen molar-refractivity contribution in [2.75, 3.05) is 16.8 Å². The topological polar surface area (TPSA) is 67.2 Å². The van der Waals surface area contributed by atoms with E-state index in [0.717, 1.165) is 0 Å². The number of carbonyl (C=O) groups excluding carboxylic acids is 2. The first-order valence-electron chi connectivity index (χ1n) is 9.09. The van der Waals surface area contributed by atoms with Crippen LogP contribution in [0.2, 0.25) is 5.02 Å². The van der Waals surface area contributed by atoms with Gasteiger partial charge in [0.2, 0.25) is 11.8 Å². The van der Waals surface area contributed by atoms with Gasteiger partial charge >= 0.3 is 0 Å². The predicted molar refractivity (Wildman–Crippen MR) is 109 cm³/mol. The minimum atomic E-state index is -0.528. The summed E-state index contributed by atoms with van der Waals surface area (Å²) in [7, 11) is 0. The van der Waals surface area contributed by atoms with Crippen LogP contribution in [0.5, 0.6) is 0 Å². The number of amides is 2. The van der Waals surface area contributed by atoms with E-state index in [1.165, 1.54) is 6.07 Å². The highest BCUT2D eigenvalue weighted by atomic mass is 35.5. The summed E-state index contributed by atoms with van der Waals surface area (Å²) < 4.78 is 16.2. The van der Waals surface area contributed by atoms with E-state index < -0.39 is 11.7 Å². The molecule has 3 aromatic rings.